The van der Waals surface area contributed by atoms with Crippen LogP contribution in [0.4, 0.5) is 0 Å². The highest BCUT2D eigenvalue weighted by Crippen LogP contribution is 2.22. The zero-order valence-electron chi connectivity index (χ0n) is 7.46. The summed E-state index contributed by atoms with van der Waals surface area (Å²) in [5.74, 6) is 3.06. The predicted molar refractivity (Wildman–Crippen MR) is 57.1 cm³/mol. The molecule has 1 aromatic carbocycles. The van der Waals surface area contributed by atoms with Crippen LogP contribution in [0.5, 0.6) is 5.75 Å². The Morgan fingerprint density at radius 1 is 1.57 bits per heavy atom. The van der Waals surface area contributed by atoms with Gasteiger partial charge in [0.15, 0.2) is 0 Å². The normalized spacial score (nSPS) is 9.50. The topological polar surface area (TPSA) is 41.5 Å². The Hall–Kier alpha value is -1.02. The van der Waals surface area contributed by atoms with Crippen LogP contribution in [0.25, 0.3) is 0 Å². The molecule has 0 aliphatic heterocycles. The summed E-state index contributed by atoms with van der Waals surface area (Å²) in [7, 11) is 0. The molecule has 0 aromatic heterocycles. The molecule has 0 aliphatic rings. The first-order valence-corrected chi connectivity index (χ1v) is 4.79. The number of halogens is 1. The molecule has 3 nitrogen and oxygen atoms in total. The molecule has 0 spiro atoms. The Morgan fingerprint density at radius 3 is 3.00 bits per heavy atom. The second kappa shape index (κ2) is 5.66. The number of nitrogens with one attached hydrogen (secondary N) is 1. The summed E-state index contributed by atoms with van der Waals surface area (Å²) in [6, 6.07) is 5.51. The number of rotatable bonds is 4. The van der Waals surface area contributed by atoms with Gasteiger partial charge in [-0.1, -0.05) is 21.9 Å². The summed E-state index contributed by atoms with van der Waals surface area (Å²) in [4.78, 5) is 0. The van der Waals surface area contributed by atoms with E-state index in [2.05, 4.69) is 27.3 Å². The first-order valence-electron chi connectivity index (χ1n) is 3.99. The molecule has 0 unspecified atom stereocenters. The minimum absolute atomic E-state index is 0.222. The number of terminal acetylenes is 1. The Kier molecular flexibility index (Phi) is 4.47. The number of ether oxygens (including phenoxy) is 1. The molecule has 4 heteroatoms. The van der Waals surface area contributed by atoms with E-state index < -0.39 is 0 Å². The highest BCUT2D eigenvalue weighted by atomic mass is 79.9. The van der Waals surface area contributed by atoms with Crippen LogP contribution in [0.2, 0.25) is 0 Å². The average molecular weight is 256 g/mol. The van der Waals surface area contributed by atoms with E-state index >= 15 is 0 Å². The van der Waals surface area contributed by atoms with E-state index in [1.165, 1.54) is 0 Å². The molecule has 0 radical (unpaired) electrons. The second-order valence-electron chi connectivity index (χ2n) is 2.58. The predicted octanol–water partition coefficient (Wildman–Crippen LogP) is 1.94. The van der Waals surface area contributed by atoms with Gasteiger partial charge >= 0.3 is 0 Å². The van der Waals surface area contributed by atoms with E-state index in [1.807, 2.05) is 12.1 Å². The van der Waals surface area contributed by atoms with E-state index in [9.17, 15) is 0 Å². The van der Waals surface area contributed by atoms with Crippen LogP contribution < -0.4 is 10.2 Å². The fourth-order valence-electron chi connectivity index (χ4n) is 1.03. The number of benzene rings is 1. The number of hydrogen-bond donors (Lipinski definition) is 2. The minimum atomic E-state index is 0.222. The molecule has 0 amide bonds. The Labute approximate surface area is 91.2 Å². The highest BCUT2D eigenvalue weighted by Gasteiger charge is 2.03. The Balaban J connectivity index is 2.85. The van der Waals surface area contributed by atoms with Crippen molar-refractivity contribution in [2.75, 3.05) is 6.61 Å². The minimum Gasteiger partial charge on any atom is -0.481 e. The maximum absolute atomic E-state index is 8.60. The van der Waals surface area contributed by atoms with Gasteiger partial charge in [0, 0.05) is 16.6 Å². The summed E-state index contributed by atoms with van der Waals surface area (Å²) in [5.41, 5.74) is 2.92. The van der Waals surface area contributed by atoms with Gasteiger partial charge in [0.25, 0.3) is 0 Å². The highest BCUT2D eigenvalue weighted by molar-refractivity contribution is 9.10. The van der Waals surface area contributed by atoms with Gasteiger partial charge in [-0.15, -0.1) is 6.42 Å². The van der Waals surface area contributed by atoms with Crippen molar-refractivity contribution in [1.29, 1.82) is 0 Å². The van der Waals surface area contributed by atoms with Gasteiger partial charge in [0.1, 0.15) is 12.4 Å². The van der Waals surface area contributed by atoms with Crippen LogP contribution in [0.15, 0.2) is 22.7 Å². The first-order chi connectivity index (χ1) is 6.77. The molecular weight excluding hydrogens is 246 g/mol. The standard InChI is InChI=1S/C10H10BrNO2/c1-2-5-14-10-4-3-9(11)6-8(10)7-12-13/h1,3-4,6,12-13H,5,7H2. The molecular formula is C10H10BrNO2. The smallest absolute Gasteiger partial charge is 0.148 e. The molecule has 2 N–H and O–H groups in total. The quantitative estimate of drug-likeness (QED) is 0.639. The van der Waals surface area contributed by atoms with Crippen molar-refractivity contribution in [2.45, 2.75) is 6.54 Å². The largest absolute Gasteiger partial charge is 0.481 e. The lowest BCUT2D eigenvalue weighted by molar-refractivity contribution is 0.160. The third-order valence-corrected chi connectivity index (χ3v) is 2.10. The van der Waals surface area contributed by atoms with Crippen LogP contribution >= 0.6 is 15.9 Å². The number of hydroxylamine groups is 1. The van der Waals surface area contributed by atoms with Crippen LogP contribution in [0.3, 0.4) is 0 Å². The molecule has 0 fully saturated rings. The molecule has 0 saturated carbocycles. The van der Waals surface area contributed by atoms with Gasteiger partial charge in [-0.2, -0.15) is 0 Å². The zero-order chi connectivity index (χ0) is 10.4. The van der Waals surface area contributed by atoms with Gasteiger partial charge < -0.3 is 9.94 Å². The summed E-state index contributed by atoms with van der Waals surface area (Å²) < 4.78 is 6.21. The van der Waals surface area contributed by atoms with E-state index in [0.717, 1.165) is 10.0 Å². The second-order valence-corrected chi connectivity index (χ2v) is 3.50. The fourth-order valence-corrected chi connectivity index (χ4v) is 1.44. The van der Waals surface area contributed by atoms with Crippen LogP contribution in [-0.4, -0.2) is 11.8 Å². The fraction of sp³-hybridized carbons (Fsp3) is 0.200. The van der Waals surface area contributed by atoms with Crippen molar-refractivity contribution in [3.63, 3.8) is 0 Å². The summed E-state index contributed by atoms with van der Waals surface area (Å²) in [6.45, 7) is 0.541. The first kappa shape index (κ1) is 11.1. The van der Waals surface area contributed by atoms with Crippen LogP contribution in [0.1, 0.15) is 5.56 Å². The van der Waals surface area contributed by atoms with Crippen LogP contribution in [0, 0.1) is 12.3 Å². The SMILES string of the molecule is C#CCOc1ccc(Br)cc1CNO. The number of hydrogen-bond acceptors (Lipinski definition) is 3. The Bertz CT molecular complexity index is 346. The van der Waals surface area contributed by atoms with Crippen molar-refractivity contribution in [2.24, 2.45) is 0 Å². The molecule has 0 bridgehead atoms. The van der Waals surface area contributed by atoms with Gasteiger partial charge in [-0.3, -0.25) is 0 Å². The average Bonchev–Trinajstić information content (AvgIpc) is 2.17. The van der Waals surface area contributed by atoms with Crippen molar-refractivity contribution in [3.05, 3.63) is 28.2 Å². The summed E-state index contributed by atoms with van der Waals surface area (Å²) in [5, 5.41) is 8.60. The molecule has 0 heterocycles. The van der Waals surface area contributed by atoms with E-state index in [0.29, 0.717) is 12.3 Å². The van der Waals surface area contributed by atoms with Crippen molar-refractivity contribution in [3.8, 4) is 18.1 Å². The van der Waals surface area contributed by atoms with Crippen LogP contribution in [-0.2, 0) is 6.54 Å². The van der Waals surface area contributed by atoms with E-state index in [1.54, 1.807) is 6.07 Å². The molecule has 0 aliphatic carbocycles. The molecule has 14 heavy (non-hydrogen) atoms. The molecule has 0 atom stereocenters. The van der Waals surface area contributed by atoms with E-state index in [4.69, 9.17) is 16.4 Å². The maximum atomic E-state index is 8.60. The van der Waals surface area contributed by atoms with Gasteiger partial charge in [-0.25, -0.2) is 5.48 Å². The molecule has 74 valence electrons. The lowest BCUT2D eigenvalue weighted by Crippen LogP contribution is -2.08. The lowest BCUT2D eigenvalue weighted by Gasteiger charge is -2.09. The monoisotopic (exact) mass is 255 g/mol. The molecule has 1 aromatic rings. The summed E-state index contributed by atoms with van der Waals surface area (Å²) in [6.07, 6.45) is 5.08. The van der Waals surface area contributed by atoms with Gasteiger partial charge in [0.05, 0.1) is 0 Å². The van der Waals surface area contributed by atoms with Gasteiger partial charge in [-0.05, 0) is 18.2 Å². The lowest BCUT2D eigenvalue weighted by atomic mass is 10.2. The van der Waals surface area contributed by atoms with Crippen molar-refractivity contribution in [1.82, 2.24) is 5.48 Å². The van der Waals surface area contributed by atoms with Gasteiger partial charge in [0.2, 0.25) is 0 Å². The molecule has 0 saturated heterocycles. The molecule has 1 rings (SSSR count). The maximum Gasteiger partial charge on any atom is 0.148 e. The van der Waals surface area contributed by atoms with E-state index in [-0.39, 0.29) is 6.61 Å². The van der Waals surface area contributed by atoms with Crippen molar-refractivity contribution >= 4 is 15.9 Å². The Morgan fingerprint density at radius 2 is 2.36 bits per heavy atom. The van der Waals surface area contributed by atoms with Crippen molar-refractivity contribution < 1.29 is 9.94 Å². The summed E-state index contributed by atoms with van der Waals surface area (Å²) >= 11 is 3.33. The zero-order valence-corrected chi connectivity index (χ0v) is 9.04. The third-order valence-electron chi connectivity index (χ3n) is 1.60. The third kappa shape index (κ3) is 3.04.